The topological polar surface area (TPSA) is 86.0 Å². The number of hydrogen-bond donors (Lipinski definition) is 2. The molecule has 2 aromatic rings. The lowest BCUT2D eigenvalue weighted by molar-refractivity contribution is 0.398. The van der Waals surface area contributed by atoms with Crippen molar-refractivity contribution in [2.24, 2.45) is 5.84 Å². The Labute approximate surface area is 111 Å². The molecule has 0 bridgehead atoms. The van der Waals surface area contributed by atoms with E-state index < -0.39 is 0 Å². The Bertz CT molecular complexity index is 597. The van der Waals surface area contributed by atoms with Gasteiger partial charge in [-0.2, -0.15) is 0 Å². The molecule has 19 heavy (non-hydrogen) atoms. The van der Waals surface area contributed by atoms with Crippen LogP contribution in [-0.4, -0.2) is 22.1 Å². The van der Waals surface area contributed by atoms with Gasteiger partial charge in [0.1, 0.15) is 11.5 Å². The number of anilines is 1. The summed E-state index contributed by atoms with van der Waals surface area (Å²) in [5.41, 5.74) is 4.27. The lowest BCUT2D eigenvalue weighted by Gasteiger charge is -2.07. The van der Waals surface area contributed by atoms with Crippen LogP contribution in [0.2, 0.25) is 0 Å². The fourth-order valence-corrected chi connectivity index (χ4v) is 1.90. The Morgan fingerprint density at radius 2 is 2.11 bits per heavy atom. The summed E-state index contributed by atoms with van der Waals surface area (Å²) in [6.45, 7) is 0. The second kappa shape index (κ2) is 4.81. The fraction of sp³-hybridized carbons (Fsp3) is 0.308. The van der Waals surface area contributed by atoms with E-state index in [1.165, 1.54) is 12.8 Å². The monoisotopic (exact) mass is 257 g/mol. The summed E-state index contributed by atoms with van der Waals surface area (Å²) in [4.78, 5) is 13.2. The van der Waals surface area contributed by atoms with Crippen LogP contribution in [0.15, 0.2) is 24.3 Å². The van der Waals surface area contributed by atoms with Gasteiger partial charge in [-0.15, -0.1) is 0 Å². The summed E-state index contributed by atoms with van der Waals surface area (Å²) in [5, 5.41) is 0. The third-order valence-electron chi connectivity index (χ3n) is 3.05. The molecular formula is C13H15N5O. The minimum atomic E-state index is 0.527. The van der Waals surface area contributed by atoms with Gasteiger partial charge in [0.25, 0.3) is 0 Å². The molecule has 98 valence electrons. The van der Waals surface area contributed by atoms with E-state index in [1.807, 2.05) is 18.2 Å². The standard InChI is InChI=1S/C13H15N5O/c1-19-12-4-2-3-9(15-12)13-16-10(8-5-6-8)7-11(17-13)18-14/h2-4,7-8H,5-6,14H2,1H3,(H,16,17,18). The van der Waals surface area contributed by atoms with Crippen molar-refractivity contribution in [2.75, 3.05) is 12.5 Å². The van der Waals surface area contributed by atoms with Gasteiger partial charge in [0.15, 0.2) is 5.82 Å². The van der Waals surface area contributed by atoms with E-state index in [0.29, 0.717) is 29.1 Å². The van der Waals surface area contributed by atoms with Crippen molar-refractivity contribution in [1.29, 1.82) is 0 Å². The summed E-state index contributed by atoms with van der Waals surface area (Å²) in [5.74, 6) is 7.70. The Kier molecular flexibility index (Phi) is 3.00. The van der Waals surface area contributed by atoms with Crippen molar-refractivity contribution in [3.63, 3.8) is 0 Å². The normalized spacial score (nSPS) is 14.2. The van der Waals surface area contributed by atoms with Crippen LogP contribution in [0.4, 0.5) is 5.82 Å². The summed E-state index contributed by atoms with van der Waals surface area (Å²) in [6, 6.07) is 7.40. The number of nitrogens with one attached hydrogen (secondary N) is 1. The van der Waals surface area contributed by atoms with Gasteiger partial charge in [0.2, 0.25) is 5.88 Å². The highest BCUT2D eigenvalue weighted by Crippen LogP contribution is 2.40. The molecule has 0 aliphatic heterocycles. The van der Waals surface area contributed by atoms with Gasteiger partial charge in [-0.25, -0.2) is 20.8 Å². The first-order valence-electron chi connectivity index (χ1n) is 6.17. The van der Waals surface area contributed by atoms with Crippen molar-refractivity contribution in [1.82, 2.24) is 15.0 Å². The van der Waals surface area contributed by atoms with E-state index >= 15 is 0 Å². The maximum Gasteiger partial charge on any atom is 0.213 e. The Balaban J connectivity index is 2.04. The zero-order chi connectivity index (χ0) is 13.2. The lowest BCUT2D eigenvalue weighted by atomic mass is 10.2. The number of methoxy groups -OCH3 is 1. The van der Waals surface area contributed by atoms with Crippen LogP contribution in [0.5, 0.6) is 5.88 Å². The van der Waals surface area contributed by atoms with Crippen molar-refractivity contribution < 1.29 is 4.74 Å². The number of hydrazine groups is 1. The first-order valence-corrected chi connectivity index (χ1v) is 6.17. The van der Waals surface area contributed by atoms with Crippen molar-refractivity contribution in [2.45, 2.75) is 18.8 Å². The number of ether oxygens (including phenoxy) is 1. The SMILES string of the molecule is COc1cccc(-c2nc(NN)cc(C3CC3)n2)n1. The number of nitrogen functional groups attached to an aromatic ring is 1. The van der Waals surface area contributed by atoms with Gasteiger partial charge in [-0.3, -0.25) is 0 Å². The lowest BCUT2D eigenvalue weighted by Crippen LogP contribution is -2.10. The number of hydrogen-bond acceptors (Lipinski definition) is 6. The molecule has 0 atom stereocenters. The second-order valence-corrected chi connectivity index (χ2v) is 4.49. The van der Waals surface area contributed by atoms with Gasteiger partial charge < -0.3 is 10.2 Å². The van der Waals surface area contributed by atoms with Crippen LogP contribution in [0.3, 0.4) is 0 Å². The minimum Gasteiger partial charge on any atom is -0.481 e. The third kappa shape index (κ3) is 2.48. The fourth-order valence-electron chi connectivity index (χ4n) is 1.90. The van der Waals surface area contributed by atoms with E-state index in [2.05, 4.69) is 20.4 Å². The average molecular weight is 257 g/mol. The van der Waals surface area contributed by atoms with Gasteiger partial charge in [-0.1, -0.05) is 6.07 Å². The van der Waals surface area contributed by atoms with Gasteiger partial charge in [0.05, 0.1) is 7.11 Å². The second-order valence-electron chi connectivity index (χ2n) is 4.49. The van der Waals surface area contributed by atoms with Gasteiger partial charge in [0, 0.05) is 23.7 Å². The maximum absolute atomic E-state index is 5.46. The molecule has 0 amide bonds. The molecule has 0 radical (unpaired) electrons. The number of nitrogens with zero attached hydrogens (tertiary/aromatic N) is 3. The van der Waals surface area contributed by atoms with E-state index in [9.17, 15) is 0 Å². The molecule has 6 heteroatoms. The first kappa shape index (κ1) is 11.9. The molecule has 3 N–H and O–H groups in total. The molecule has 1 aliphatic rings. The molecule has 2 aromatic heterocycles. The summed E-state index contributed by atoms with van der Waals surface area (Å²) < 4.78 is 5.12. The molecule has 2 heterocycles. The predicted molar refractivity (Wildman–Crippen MR) is 71.6 cm³/mol. The zero-order valence-corrected chi connectivity index (χ0v) is 10.6. The van der Waals surface area contributed by atoms with Crippen LogP contribution in [0.1, 0.15) is 24.5 Å². The van der Waals surface area contributed by atoms with Gasteiger partial charge >= 0.3 is 0 Å². The Morgan fingerprint density at radius 3 is 2.79 bits per heavy atom. The molecule has 1 saturated carbocycles. The average Bonchev–Trinajstić information content (AvgIpc) is 3.31. The van der Waals surface area contributed by atoms with Crippen molar-refractivity contribution >= 4 is 5.82 Å². The molecule has 6 nitrogen and oxygen atoms in total. The summed E-state index contributed by atoms with van der Waals surface area (Å²) >= 11 is 0. The molecule has 3 rings (SSSR count). The Hall–Kier alpha value is -2.21. The summed E-state index contributed by atoms with van der Waals surface area (Å²) in [6.07, 6.45) is 2.35. The molecule has 0 unspecified atom stereocenters. The largest absolute Gasteiger partial charge is 0.481 e. The molecule has 0 aromatic carbocycles. The highest BCUT2D eigenvalue weighted by atomic mass is 16.5. The Morgan fingerprint density at radius 1 is 1.26 bits per heavy atom. The van der Waals surface area contributed by atoms with Crippen LogP contribution >= 0.6 is 0 Å². The molecule has 1 fully saturated rings. The highest BCUT2D eigenvalue weighted by molar-refractivity contribution is 5.54. The minimum absolute atomic E-state index is 0.527. The number of aromatic nitrogens is 3. The van der Waals surface area contributed by atoms with Crippen molar-refractivity contribution in [3.8, 4) is 17.4 Å². The van der Waals surface area contributed by atoms with Crippen molar-refractivity contribution in [3.05, 3.63) is 30.0 Å². The maximum atomic E-state index is 5.46. The number of nitrogens with two attached hydrogens (primary N) is 1. The van der Waals surface area contributed by atoms with Gasteiger partial charge in [-0.05, 0) is 18.9 Å². The number of rotatable bonds is 4. The highest BCUT2D eigenvalue weighted by Gasteiger charge is 2.26. The summed E-state index contributed by atoms with van der Waals surface area (Å²) in [7, 11) is 1.58. The van der Waals surface area contributed by atoms with Crippen LogP contribution in [0.25, 0.3) is 11.5 Å². The van der Waals surface area contributed by atoms with E-state index in [-0.39, 0.29) is 0 Å². The molecule has 0 spiro atoms. The molecular weight excluding hydrogens is 242 g/mol. The quantitative estimate of drug-likeness (QED) is 0.640. The van der Waals surface area contributed by atoms with Crippen LogP contribution in [-0.2, 0) is 0 Å². The van der Waals surface area contributed by atoms with Crippen LogP contribution < -0.4 is 16.0 Å². The van der Waals surface area contributed by atoms with E-state index in [0.717, 1.165) is 5.69 Å². The smallest absolute Gasteiger partial charge is 0.213 e. The predicted octanol–water partition coefficient (Wildman–Crippen LogP) is 1.71. The van der Waals surface area contributed by atoms with Crippen LogP contribution in [0, 0.1) is 0 Å². The number of pyridine rings is 1. The first-order chi connectivity index (χ1) is 9.30. The third-order valence-corrected chi connectivity index (χ3v) is 3.05. The zero-order valence-electron chi connectivity index (χ0n) is 10.6. The molecule has 0 saturated heterocycles. The van der Waals surface area contributed by atoms with E-state index in [1.54, 1.807) is 13.2 Å². The molecule has 1 aliphatic carbocycles. The van der Waals surface area contributed by atoms with E-state index in [4.69, 9.17) is 10.6 Å².